The summed E-state index contributed by atoms with van der Waals surface area (Å²) in [5.74, 6) is -1.70. The molecular formula is C22H22ClF4N3O3. The molecule has 2 heterocycles. The summed E-state index contributed by atoms with van der Waals surface area (Å²) in [7, 11) is 0. The van der Waals surface area contributed by atoms with Crippen molar-refractivity contribution in [2.45, 2.75) is 45.5 Å². The molecule has 3 aromatic rings. The van der Waals surface area contributed by atoms with Crippen LogP contribution in [0, 0.1) is 5.82 Å². The fourth-order valence-electron chi connectivity index (χ4n) is 3.42. The highest BCUT2D eigenvalue weighted by Crippen LogP contribution is 2.42. The number of aliphatic hydroxyl groups is 1. The van der Waals surface area contributed by atoms with Crippen LogP contribution in [0.4, 0.5) is 17.6 Å². The van der Waals surface area contributed by atoms with Crippen molar-refractivity contribution in [3.8, 4) is 22.4 Å². The lowest BCUT2D eigenvalue weighted by Crippen LogP contribution is -2.24. The average Bonchev–Trinajstić information content (AvgIpc) is 3.30. The predicted octanol–water partition coefficient (Wildman–Crippen LogP) is 5.69. The number of H-pyrrole nitrogens is 1. The van der Waals surface area contributed by atoms with Crippen molar-refractivity contribution in [3.05, 3.63) is 52.7 Å². The Morgan fingerprint density at radius 1 is 1.27 bits per heavy atom. The van der Waals surface area contributed by atoms with Crippen molar-refractivity contribution in [2.24, 2.45) is 0 Å². The highest BCUT2D eigenvalue weighted by atomic mass is 35.5. The molecule has 0 aliphatic heterocycles. The summed E-state index contributed by atoms with van der Waals surface area (Å²) in [6.45, 7) is 4.21. The van der Waals surface area contributed by atoms with E-state index >= 15 is 0 Å². The molecule has 2 aromatic heterocycles. The third-order valence-corrected chi connectivity index (χ3v) is 5.22. The molecule has 0 fully saturated rings. The molecule has 0 bridgehead atoms. The summed E-state index contributed by atoms with van der Waals surface area (Å²) in [5.41, 5.74) is -3.46. The lowest BCUT2D eigenvalue weighted by Gasteiger charge is -2.19. The van der Waals surface area contributed by atoms with Crippen molar-refractivity contribution in [3.63, 3.8) is 0 Å². The smallest absolute Gasteiger partial charge is 0.433 e. The number of aromatic nitrogens is 3. The molecule has 0 aliphatic carbocycles. The van der Waals surface area contributed by atoms with Gasteiger partial charge in [0.05, 0.1) is 34.7 Å². The molecule has 1 aromatic carbocycles. The van der Waals surface area contributed by atoms with Gasteiger partial charge >= 0.3 is 12.1 Å². The summed E-state index contributed by atoms with van der Waals surface area (Å²) in [5, 5.41) is 13.7. The number of alkyl halides is 3. The van der Waals surface area contributed by atoms with E-state index < -0.39 is 34.8 Å². The fourth-order valence-corrected chi connectivity index (χ4v) is 3.68. The summed E-state index contributed by atoms with van der Waals surface area (Å²) in [6.07, 6.45) is -2.66. The van der Waals surface area contributed by atoms with E-state index in [1.165, 1.54) is 39.1 Å². The number of hydrogen-bond acceptors (Lipinski definition) is 4. The molecule has 0 spiro atoms. The largest absolute Gasteiger partial charge is 0.462 e. The molecule has 0 radical (unpaired) electrons. The highest BCUT2D eigenvalue weighted by molar-refractivity contribution is 6.33. The number of rotatable bonds is 7. The topological polar surface area (TPSA) is 80.1 Å². The standard InChI is InChI=1S/C22H22ClF4N3O3/c1-4-33-20(31)17-12(16-14(23)6-5-7-15(16)24)10-28-18(17)13-11-29-30(9-8-21(2,3)32)19(13)22(25,26)27/h5-7,10-11,28,32H,4,8-9H2,1-3H3. The average molecular weight is 488 g/mol. The van der Waals surface area contributed by atoms with E-state index in [9.17, 15) is 27.5 Å². The lowest BCUT2D eigenvalue weighted by atomic mass is 9.99. The second-order valence-corrected chi connectivity index (χ2v) is 8.37. The number of ether oxygens (including phenoxy) is 1. The van der Waals surface area contributed by atoms with Crippen LogP contribution in [-0.2, 0) is 17.5 Å². The zero-order chi connectivity index (χ0) is 24.6. The first kappa shape index (κ1) is 24.8. The molecule has 11 heteroatoms. The van der Waals surface area contributed by atoms with E-state index in [1.807, 2.05) is 0 Å². The normalized spacial score (nSPS) is 12.3. The molecule has 0 saturated carbocycles. The second-order valence-electron chi connectivity index (χ2n) is 7.96. The Morgan fingerprint density at radius 3 is 2.55 bits per heavy atom. The Balaban J connectivity index is 2.24. The Bertz CT molecular complexity index is 1140. The Kier molecular flexibility index (Phi) is 6.90. The van der Waals surface area contributed by atoms with Crippen LogP contribution in [0.1, 0.15) is 43.2 Å². The first-order chi connectivity index (χ1) is 15.3. The fraction of sp³-hybridized carbons (Fsp3) is 0.364. The van der Waals surface area contributed by atoms with E-state index in [2.05, 4.69) is 10.1 Å². The van der Waals surface area contributed by atoms with Gasteiger partial charge in [-0.25, -0.2) is 9.18 Å². The molecular weight excluding hydrogens is 466 g/mol. The number of aromatic amines is 1. The lowest BCUT2D eigenvalue weighted by molar-refractivity contribution is -0.144. The Labute approximate surface area is 192 Å². The Morgan fingerprint density at radius 2 is 1.97 bits per heavy atom. The summed E-state index contributed by atoms with van der Waals surface area (Å²) >= 11 is 6.14. The third kappa shape index (κ3) is 5.22. The van der Waals surface area contributed by atoms with Crippen LogP contribution in [-0.4, -0.2) is 38.0 Å². The van der Waals surface area contributed by atoms with Gasteiger partial charge < -0.3 is 14.8 Å². The predicted molar refractivity (Wildman–Crippen MR) is 114 cm³/mol. The number of halogens is 5. The van der Waals surface area contributed by atoms with E-state index in [4.69, 9.17) is 16.3 Å². The van der Waals surface area contributed by atoms with Gasteiger partial charge in [-0.3, -0.25) is 4.68 Å². The maximum atomic E-state index is 14.6. The van der Waals surface area contributed by atoms with Gasteiger partial charge in [-0.15, -0.1) is 0 Å². The van der Waals surface area contributed by atoms with Crippen molar-refractivity contribution in [2.75, 3.05) is 6.61 Å². The van der Waals surface area contributed by atoms with Crippen LogP contribution >= 0.6 is 11.6 Å². The minimum Gasteiger partial charge on any atom is -0.462 e. The molecule has 0 saturated heterocycles. The number of hydrogen-bond donors (Lipinski definition) is 2. The third-order valence-electron chi connectivity index (χ3n) is 4.90. The summed E-state index contributed by atoms with van der Waals surface area (Å²) in [4.78, 5) is 15.4. The molecule has 0 amide bonds. The number of nitrogens with one attached hydrogen (secondary N) is 1. The monoisotopic (exact) mass is 487 g/mol. The van der Waals surface area contributed by atoms with E-state index in [1.54, 1.807) is 0 Å². The highest BCUT2D eigenvalue weighted by Gasteiger charge is 2.40. The zero-order valence-electron chi connectivity index (χ0n) is 18.1. The van der Waals surface area contributed by atoms with Gasteiger partial charge in [0.15, 0.2) is 5.69 Å². The van der Waals surface area contributed by atoms with E-state index in [0.29, 0.717) is 0 Å². The maximum absolute atomic E-state index is 14.6. The van der Waals surface area contributed by atoms with Gasteiger partial charge in [-0.1, -0.05) is 17.7 Å². The van der Waals surface area contributed by atoms with E-state index in [-0.39, 0.29) is 47.0 Å². The number of benzene rings is 1. The Hall–Kier alpha value is -2.85. The maximum Gasteiger partial charge on any atom is 0.433 e. The number of nitrogens with zero attached hydrogens (tertiary/aromatic N) is 2. The van der Waals surface area contributed by atoms with Crippen LogP contribution in [0.2, 0.25) is 5.02 Å². The van der Waals surface area contributed by atoms with Crippen LogP contribution in [0.25, 0.3) is 22.4 Å². The molecule has 6 nitrogen and oxygen atoms in total. The quantitative estimate of drug-likeness (QED) is 0.331. The minimum absolute atomic E-state index is 0.00272. The number of aryl methyl sites for hydroxylation is 1. The number of esters is 1. The van der Waals surface area contributed by atoms with Crippen molar-refractivity contribution >= 4 is 17.6 Å². The summed E-state index contributed by atoms with van der Waals surface area (Å²) in [6, 6.07) is 3.89. The molecule has 3 rings (SSSR count). The SMILES string of the molecule is CCOC(=O)c1c(-c2c(F)cccc2Cl)c[nH]c1-c1cnn(CCC(C)(C)O)c1C(F)(F)F. The number of carbonyl (C=O) groups is 1. The van der Waals surface area contributed by atoms with Gasteiger partial charge in [-0.2, -0.15) is 18.3 Å². The number of carbonyl (C=O) groups excluding carboxylic acids is 1. The van der Waals surface area contributed by atoms with Gasteiger partial charge in [-0.05, 0) is 39.3 Å². The van der Waals surface area contributed by atoms with Crippen molar-refractivity contribution < 1.29 is 32.2 Å². The van der Waals surface area contributed by atoms with Crippen LogP contribution in [0.15, 0.2) is 30.6 Å². The van der Waals surface area contributed by atoms with Gasteiger partial charge in [0.25, 0.3) is 0 Å². The first-order valence-corrected chi connectivity index (χ1v) is 10.4. The van der Waals surface area contributed by atoms with Gasteiger partial charge in [0.1, 0.15) is 5.82 Å². The summed E-state index contributed by atoms with van der Waals surface area (Å²) < 4.78 is 62.5. The zero-order valence-corrected chi connectivity index (χ0v) is 18.8. The van der Waals surface area contributed by atoms with Gasteiger partial charge in [0.2, 0.25) is 0 Å². The van der Waals surface area contributed by atoms with Crippen molar-refractivity contribution in [1.29, 1.82) is 0 Å². The molecule has 0 unspecified atom stereocenters. The molecule has 0 atom stereocenters. The first-order valence-electron chi connectivity index (χ1n) is 10.0. The molecule has 178 valence electrons. The minimum atomic E-state index is -4.84. The molecule has 0 aliphatic rings. The molecule has 33 heavy (non-hydrogen) atoms. The second kappa shape index (κ2) is 9.18. The van der Waals surface area contributed by atoms with Crippen molar-refractivity contribution in [1.82, 2.24) is 14.8 Å². The van der Waals surface area contributed by atoms with E-state index in [0.717, 1.165) is 16.9 Å². The van der Waals surface area contributed by atoms with Gasteiger partial charge in [0, 0.05) is 29.4 Å². The van der Waals surface area contributed by atoms with Crippen LogP contribution in [0.3, 0.4) is 0 Å². The van der Waals surface area contributed by atoms with Crippen LogP contribution in [0.5, 0.6) is 0 Å². The van der Waals surface area contributed by atoms with Crippen LogP contribution < -0.4 is 0 Å². The molecule has 2 N–H and O–H groups in total.